The molecule has 0 amide bonds. The first kappa shape index (κ1) is 12.9. The van der Waals surface area contributed by atoms with Crippen molar-refractivity contribution < 1.29 is 0 Å². The Balaban J connectivity index is 1.70. The van der Waals surface area contributed by atoms with E-state index in [4.69, 9.17) is 0 Å². The summed E-state index contributed by atoms with van der Waals surface area (Å²) in [5.74, 6) is 1.14. The van der Waals surface area contributed by atoms with Gasteiger partial charge in [-0.05, 0) is 42.8 Å². The molecular formula is C14H22N2S. The van der Waals surface area contributed by atoms with Crippen LogP contribution in [0.15, 0.2) is 29.2 Å². The summed E-state index contributed by atoms with van der Waals surface area (Å²) in [6.45, 7) is 5.45. The van der Waals surface area contributed by atoms with Crippen molar-refractivity contribution in [1.82, 2.24) is 10.6 Å². The molecule has 3 heteroatoms. The first-order valence-electron chi connectivity index (χ1n) is 6.54. The molecule has 1 atom stereocenters. The molecule has 94 valence electrons. The number of hydrogen-bond acceptors (Lipinski definition) is 3. The summed E-state index contributed by atoms with van der Waals surface area (Å²) in [7, 11) is 0. The van der Waals surface area contributed by atoms with E-state index >= 15 is 0 Å². The van der Waals surface area contributed by atoms with E-state index in [2.05, 4.69) is 41.8 Å². The second-order valence-electron chi connectivity index (χ2n) is 4.50. The molecule has 1 aliphatic rings. The zero-order chi connectivity index (χ0) is 11.9. The molecule has 0 saturated carbocycles. The number of benzene rings is 1. The summed E-state index contributed by atoms with van der Waals surface area (Å²) >= 11 is 1.90. The number of hydrogen-bond donors (Lipinski definition) is 2. The quantitative estimate of drug-likeness (QED) is 0.759. The van der Waals surface area contributed by atoms with E-state index in [0.29, 0.717) is 6.04 Å². The Labute approximate surface area is 109 Å². The Morgan fingerprint density at radius 1 is 1.35 bits per heavy atom. The van der Waals surface area contributed by atoms with Crippen molar-refractivity contribution in [3.05, 3.63) is 29.8 Å². The standard InChI is InChI=1S/C14H22N2S/c1-2-17-14-7-5-12(6-8-14)10-15-11-13-4-3-9-16-13/h5-8,13,15-16H,2-4,9-11H2,1H3. The van der Waals surface area contributed by atoms with E-state index in [9.17, 15) is 0 Å². The molecular weight excluding hydrogens is 228 g/mol. The largest absolute Gasteiger partial charge is 0.313 e. The third-order valence-electron chi connectivity index (χ3n) is 3.12. The Morgan fingerprint density at radius 2 is 2.18 bits per heavy atom. The summed E-state index contributed by atoms with van der Waals surface area (Å²) < 4.78 is 0. The normalized spacial score (nSPS) is 19.7. The van der Waals surface area contributed by atoms with Crippen LogP contribution in [0.1, 0.15) is 25.3 Å². The van der Waals surface area contributed by atoms with Crippen molar-refractivity contribution >= 4 is 11.8 Å². The maximum Gasteiger partial charge on any atom is 0.0206 e. The van der Waals surface area contributed by atoms with Gasteiger partial charge >= 0.3 is 0 Å². The van der Waals surface area contributed by atoms with Crippen LogP contribution in [0.2, 0.25) is 0 Å². The lowest BCUT2D eigenvalue weighted by Gasteiger charge is -2.11. The zero-order valence-corrected chi connectivity index (χ0v) is 11.4. The van der Waals surface area contributed by atoms with Gasteiger partial charge < -0.3 is 10.6 Å². The lowest BCUT2D eigenvalue weighted by atomic mass is 10.2. The molecule has 1 unspecified atom stereocenters. The topological polar surface area (TPSA) is 24.1 Å². The highest BCUT2D eigenvalue weighted by molar-refractivity contribution is 7.99. The Hall–Kier alpha value is -0.510. The molecule has 2 nitrogen and oxygen atoms in total. The molecule has 1 fully saturated rings. The number of rotatable bonds is 6. The lowest BCUT2D eigenvalue weighted by Crippen LogP contribution is -2.33. The van der Waals surface area contributed by atoms with Gasteiger partial charge in [-0.2, -0.15) is 0 Å². The SMILES string of the molecule is CCSc1ccc(CNCC2CCCN2)cc1. The molecule has 0 spiro atoms. The van der Waals surface area contributed by atoms with E-state index in [-0.39, 0.29) is 0 Å². The van der Waals surface area contributed by atoms with Crippen LogP contribution in [0.5, 0.6) is 0 Å². The van der Waals surface area contributed by atoms with E-state index in [1.54, 1.807) is 0 Å². The molecule has 1 aliphatic heterocycles. The molecule has 1 aromatic rings. The third-order valence-corrected chi connectivity index (χ3v) is 4.01. The predicted molar refractivity (Wildman–Crippen MR) is 75.6 cm³/mol. The molecule has 0 aromatic heterocycles. The van der Waals surface area contributed by atoms with Gasteiger partial charge in [0.05, 0.1) is 0 Å². The van der Waals surface area contributed by atoms with Gasteiger partial charge in [0.25, 0.3) is 0 Å². The molecule has 1 heterocycles. The second kappa shape index (κ2) is 7.04. The van der Waals surface area contributed by atoms with Gasteiger partial charge in [0.2, 0.25) is 0 Å². The average Bonchev–Trinajstić information content (AvgIpc) is 2.85. The highest BCUT2D eigenvalue weighted by Crippen LogP contribution is 2.17. The smallest absolute Gasteiger partial charge is 0.0206 e. The summed E-state index contributed by atoms with van der Waals surface area (Å²) in [6.07, 6.45) is 2.65. The molecule has 17 heavy (non-hydrogen) atoms. The second-order valence-corrected chi connectivity index (χ2v) is 5.84. The minimum atomic E-state index is 0.685. The summed E-state index contributed by atoms with van der Waals surface area (Å²) in [5.41, 5.74) is 1.38. The Kier molecular flexibility index (Phi) is 5.36. The fourth-order valence-corrected chi connectivity index (χ4v) is 2.85. The lowest BCUT2D eigenvalue weighted by molar-refractivity contribution is 0.535. The van der Waals surface area contributed by atoms with Gasteiger partial charge in [-0.3, -0.25) is 0 Å². The Morgan fingerprint density at radius 3 is 2.82 bits per heavy atom. The van der Waals surface area contributed by atoms with Crippen LogP contribution in [-0.2, 0) is 6.54 Å². The van der Waals surface area contributed by atoms with Gasteiger partial charge in [-0.25, -0.2) is 0 Å². The maximum atomic E-state index is 3.53. The van der Waals surface area contributed by atoms with Crippen LogP contribution in [0.4, 0.5) is 0 Å². The molecule has 0 radical (unpaired) electrons. The van der Waals surface area contributed by atoms with Crippen molar-refractivity contribution in [3.8, 4) is 0 Å². The van der Waals surface area contributed by atoms with E-state index < -0.39 is 0 Å². The van der Waals surface area contributed by atoms with Gasteiger partial charge in [0.1, 0.15) is 0 Å². The average molecular weight is 250 g/mol. The van der Waals surface area contributed by atoms with E-state index in [1.807, 2.05) is 11.8 Å². The minimum Gasteiger partial charge on any atom is -0.313 e. The molecule has 2 rings (SSSR count). The van der Waals surface area contributed by atoms with Gasteiger partial charge in [-0.15, -0.1) is 11.8 Å². The van der Waals surface area contributed by atoms with E-state index in [1.165, 1.54) is 29.8 Å². The number of nitrogens with one attached hydrogen (secondary N) is 2. The zero-order valence-electron chi connectivity index (χ0n) is 10.5. The highest BCUT2D eigenvalue weighted by atomic mass is 32.2. The first-order chi connectivity index (χ1) is 8.38. The summed E-state index contributed by atoms with van der Waals surface area (Å²) in [5, 5.41) is 7.03. The fourth-order valence-electron chi connectivity index (χ4n) is 2.19. The summed E-state index contributed by atoms with van der Waals surface area (Å²) in [6, 6.07) is 9.59. The first-order valence-corrected chi connectivity index (χ1v) is 7.53. The van der Waals surface area contributed by atoms with Crippen LogP contribution < -0.4 is 10.6 Å². The van der Waals surface area contributed by atoms with Crippen LogP contribution in [0, 0.1) is 0 Å². The van der Waals surface area contributed by atoms with Crippen molar-refractivity contribution in [3.63, 3.8) is 0 Å². The van der Waals surface area contributed by atoms with Crippen molar-refractivity contribution in [2.45, 2.75) is 37.2 Å². The molecule has 1 saturated heterocycles. The molecule has 0 bridgehead atoms. The van der Waals surface area contributed by atoms with Gasteiger partial charge in [0.15, 0.2) is 0 Å². The molecule has 2 N–H and O–H groups in total. The third kappa shape index (κ3) is 4.34. The van der Waals surface area contributed by atoms with Crippen LogP contribution in [0.3, 0.4) is 0 Å². The molecule has 1 aromatic carbocycles. The van der Waals surface area contributed by atoms with Crippen LogP contribution in [0.25, 0.3) is 0 Å². The van der Waals surface area contributed by atoms with Crippen molar-refractivity contribution in [2.75, 3.05) is 18.8 Å². The molecule has 0 aliphatic carbocycles. The van der Waals surface area contributed by atoms with Gasteiger partial charge in [-0.1, -0.05) is 19.1 Å². The maximum absolute atomic E-state index is 3.53. The van der Waals surface area contributed by atoms with Crippen LogP contribution in [-0.4, -0.2) is 24.9 Å². The number of thioether (sulfide) groups is 1. The minimum absolute atomic E-state index is 0.685. The van der Waals surface area contributed by atoms with Crippen LogP contribution >= 0.6 is 11.8 Å². The predicted octanol–water partition coefficient (Wildman–Crippen LogP) is 2.64. The summed E-state index contributed by atoms with van der Waals surface area (Å²) in [4.78, 5) is 1.37. The highest BCUT2D eigenvalue weighted by Gasteiger charge is 2.12. The Bertz CT molecular complexity index is 317. The van der Waals surface area contributed by atoms with Crippen molar-refractivity contribution in [2.24, 2.45) is 0 Å². The van der Waals surface area contributed by atoms with E-state index in [0.717, 1.165) is 18.8 Å². The fraction of sp³-hybridized carbons (Fsp3) is 0.571. The monoisotopic (exact) mass is 250 g/mol. The van der Waals surface area contributed by atoms with Crippen molar-refractivity contribution in [1.29, 1.82) is 0 Å². The van der Waals surface area contributed by atoms with Gasteiger partial charge in [0, 0.05) is 24.0 Å².